The minimum atomic E-state index is -1.01. The lowest BCUT2D eigenvalue weighted by Gasteiger charge is -2.44. The van der Waals surface area contributed by atoms with Crippen LogP contribution in [0.2, 0.25) is 0 Å². The predicted molar refractivity (Wildman–Crippen MR) is 186 cm³/mol. The number of aromatic nitrogens is 2. The van der Waals surface area contributed by atoms with Gasteiger partial charge >= 0.3 is 11.9 Å². The molecular weight excluding hydrogens is 586 g/mol. The summed E-state index contributed by atoms with van der Waals surface area (Å²) in [5.41, 5.74) is 21.8. The summed E-state index contributed by atoms with van der Waals surface area (Å²) in [6.45, 7) is 9.08. The molecule has 8 heteroatoms. The van der Waals surface area contributed by atoms with Crippen LogP contribution in [0.15, 0.2) is 91.8 Å². The third kappa shape index (κ3) is 6.94. The van der Waals surface area contributed by atoms with Gasteiger partial charge in [0.1, 0.15) is 6.04 Å². The van der Waals surface area contributed by atoms with Crippen LogP contribution in [-0.4, -0.2) is 40.3 Å². The van der Waals surface area contributed by atoms with Gasteiger partial charge in [0, 0.05) is 42.0 Å². The molecule has 2 aliphatic rings. The van der Waals surface area contributed by atoms with E-state index in [0.29, 0.717) is 25.3 Å². The molecule has 4 atom stereocenters. The Morgan fingerprint density at radius 2 is 1.77 bits per heavy atom. The third-order valence-corrected chi connectivity index (χ3v) is 9.71. The first-order valence-corrected chi connectivity index (χ1v) is 16.8. The van der Waals surface area contributed by atoms with Crippen molar-refractivity contribution in [1.82, 2.24) is 9.78 Å². The second kappa shape index (κ2) is 14.1. The normalized spacial score (nSPS) is 18.7. The summed E-state index contributed by atoms with van der Waals surface area (Å²) in [7, 11) is 0. The van der Waals surface area contributed by atoms with Gasteiger partial charge in [0.2, 0.25) is 0 Å². The van der Waals surface area contributed by atoms with Crippen LogP contribution in [-0.2, 0) is 27.3 Å². The van der Waals surface area contributed by atoms with Crippen molar-refractivity contribution < 1.29 is 14.3 Å². The molecule has 8 nitrogen and oxygen atoms in total. The van der Waals surface area contributed by atoms with Gasteiger partial charge in [-0.3, -0.25) is 4.68 Å². The van der Waals surface area contributed by atoms with Gasteiger partial charge in [-0.05, 0) is 104 Å². The lowest BCUT2D eigenvalue weighted by atomic mass is 9.82. The number of benzene rings is 3. The van der Waals surface area contributed by atoms with Crippen molar-refractivity contribution in [3.05, 3.63) is 120 Å². The number of carbonyl (C=O) groups is 2. The number of esters is 2. The van der Waals surface area contributed by atoms with Crippen molar-refractivity contribution in [1.29, 1.82) is 0 Å². The first kappa shape index (κ1) is 32.4. The minimum Gasteiger partial charge on any atom is -0.389 e. The largest absolute Gasteiger partial charge is 0.389 e. The highest BCUT2D eigenvalue weighted by Crippen LogP contribution is 2.44. The molecule has 0 bridgehead atoms. The second-order valence-electron chi connectivity index (χ2n) is 12.9. The molecule has 0 amide bonds. The highest BCUT2D eigenvalue weighted by atomic mass is 16.6. The van der Waals surface area contributed by atoms with Crippen LogP contribution in [0.3, 0.4) is 0 Å². The summed E-state index contributed by atoms with van der Waals surface area (Å²) in [6.07, 6.45) is 9.76. The van der Waals surface area contributed by atoms with E-state index in [1.54, 1.807) is 0 Å². The molecule has 1 aromatic heterocycles. The topological polar surface area (TPSA) is 116 Å². The Hall–Kier alpha value is -4.53. The number of ether oxygens (including phenoxy) is 1. The smallest absolute Gasteiger partial charge is 0.337 e. The van der Waals surface area contributed by atoms with E-state index in [-0.39, 0.29) is 18.0 Å². The number of aryl methyl sites for hydroxylation is 1. The van der Waals surface area contributed by atoms with Crippen molar-refractivity contribution >= 4 is 17.6 Å². The second-order valence-corrected chi connectivity index (χ2v) is 12.9. The standard InChI is InChI=1S/C39H45N5O3/c1-4-36(45)47-39(46)37(41)34(7-6-20-40)28-10-12-29(13-11-28)38-35-19-16-30(32-23-42-43(5-2)24-32)22-31(35)21-25(3)44(38)33-17-14-27(15-18-33)26-8-9-26/h4,10-19,22-26,34,37-38H,1,5-9,20-21,40-41H2,2-3H3/t25-,34?,37+,38-/m1/s1. The lowest BCUT2D eigenvalue weighted by molar-refractivity contribution is -0.157. The summed E-state index contributed by atoms with van der Waals surface area (Å²) >= 11 is 0. The molecule has 1 unspecified atom stereocenters. The van der Waals surface area contributed by atoms with Crippen LogP contribution < -0.4 is 16.4 Å². The number of anilines is 1. The molecule has 3 aromatic carbocycles. The van der Waals surface area contributed by atoms with Gasteiger partial charge in [-0.25, -0.2) is 9.59 Å². The fourth-order valence-electron chi connectivity index (χ4n) is 7.00. The molecule has 4 aromatic rings. The Bertz CT molecular complexity index is 1720. The molecule has 1 aliphatic carbocycles. The fraction of sp³-hybridized carbons (Fsp3) is 0.359. The zero-order valence-electron chi connectivity index (χ0n) is 27.3. The SMILES string of the molecule is C=CC(=O)OC(=O)[C@@H](N)C(CCCN)c1ccc([C@@H]2c3ccc(-c4cnn(CC)c4)cc3C[C@@H](C)N2c2ccc(C3CC3)cc2)cc1. The van der Waals surface area contributed by atoms with Gasteiger partial charge in [0.25, 0.3) is 0 Å². The Labute approximate surface area is 277 Å². The molecule has 6 rings (SSSR count). The first-order chi connectivity index (χ1) is 22.8. The molecule has 244 valence electrons. The number of fused-ring (bicyclic) bond motifs is 1. The quantitative estimate of drug-likeness (QED) is 0.106. The highest BCUT2D eigenvalue weighted by Gasteiger charge is 2.35. The Kier molecular flexibility index (Phi) is 9.71. The van der Waals surface area contributed by atoms with E-state index in [1.165, 1.54) is 40.8 Å². The molecule has 4 N–H and O–H groups in total. The molecule has 0 radical (unpaired) electrons. The minimum absolute atomic E-state index is 0.0201. The third-order valence-electron chi connectivity index (χ3n) is 9.71. The van der Waals surface area contributed by atoms with E-state index in [9.17, 15) is 9.59 Å². The summed E-state index contributed by atoms with van der Waals surface area (Å²) in [6, 6.07) is 23.6. The van der Waals surface area contributed by atoms with E-state index >= 15 is 0 Å². The number of hydrogen-bond donors (Lipinski definition) is 2. The van der Waals surface area contributed by atoms with E-state index in [2.05, 4.69) is 103 Å². The molecule has 0 saturated heterocycles. The van der Waals surface area contributed by atoms with Crippen LogP contribution in [0.1, 0.15) is 85.2 Å². The van der Waals surface area contributed by atoms with Crippen LogP contribution in [0, 0.1) is 0 Å². The molecule has 1 saturated carbocycles. The first-order valence-electron chi connectivity index (χ1n) is 16.8. The Balaban J connectivity index is 1.37. The van der Waals surface area contributed by atoms with Gasteiger partial charge in [0.05, 0.1) is 12.2 Å². The van der Waals surface area contributed by atoms with Crippen LogP contribution in [0.4, 0.5) is 5.69 Å². The summed E-state index contributed by atoms with van der Waals surface area (Å²) in [4.78, 5) is 27.0. The molecule has 0 spiro atoms. The van der Waals surface area contributed by atoms with Gasteiger partial charge in [-0.1, -0.05) is 61.2 Å². The van der Waals surface area contributed by atoms with Gasteiger partial charge in [-0.15, -0.1) is 0 Å². The van der Waals surface area contributed by atoms with Crippen LogP contribution in [0.5, 0.6) is 0 Å². The van der Waals surface area contributed by atoms with Crippen molar-refractivity contribution in [2.75, 3.05) is 11.4 Å². The van der Waals surface area contributed by atoms with E-state index < -0.39 is 18.0 Å². The van der Waals surface area contributed by atoms with Crippen LogP contribution >= 0.6 is 0 Å². The van der Waals surface area contributed by atoms with E-state index in [0.717, 1.165) is 35.7 Å². The highest BCUT2D eigenvalue weighted by molar-refractivity contribution is 5.93. The van der Waals surface area contributed by atoms with Crippen molar-refractivity contribution in [3.63, 3.8) is 0 Å². The monoisotopic (exact) mass is 631 g/mol. The molecule has 47 heavy (non-hydrogen) atoms. The molecule has 1 aliphatic heterocycles. The maximum absolute atomic E-state index is 12.7. The maximum Gasteiger partial charge on any atom is 0.337 e. The zero-order chi connectivity index (χ0) is 33.1. The van der Waals surface area contributed by atoms with Gasteiger partial charge < -0.3 is 21.1 Å². The van der Waals surface area contributed by atoms with Crippen molar-refractivity contribution in [3.8, 4) is 11.1 Å². The number of hydrogen-bond acceptors (Lipinski definition) is 7. The van der Waals surface area contributed by atoms with Gasteiger partial charge in [0.15, 0.2) is 0 Å². The zero-order valence-corrected chi connectivity index (χ0v) is 27.3. The molecule has 1 fully saturated rings. The fourth-order valence-corrected chi connectivity index (χ4v) is 7.00. The van der Waals surface area contributed by atoms with E-state index in [4.69, 9.17) is 16.2 Å². The van der Waals surface area contributed by atoms with Crippen LogP contribution in [0.25, 0.3) is 11.1 Å². The van der Waals surface area contributed by atoms with E-state index in [1.807, 2.05) is 10.9 Å². The van der Waals surface area contributed by atoms with Crippen molar-refractivity contribution in [2.45, 2.75) is 82.5 Å². The number of nitrogens with two attached hydrogens (primary N) is 2. The summed E-state index contributed by atoms with van der Waals surface area (Å²) in [5, 5.41) is 4.50. The average Bonchev–Trinajstić information content (AvgIpc) is 3.83. The number of carbonyl (C=O) groups excluding carboxylic acids is 2. The van der Waals surface area contributed by atoms with Crippen molar-refractivity contribution in [2.24, 2.45) is 11.5 Å². The Morgan fingerprint density at radius 1 is 1.04 bits per heavy atom. The lowest BCUT2D eigenvalue weighted by Crippen LogP contribution is -2.43. The molecular formula is C39H45N5O3. The summed E-state index contributed by atoms with van der Waals surface area (Å²) < 4.78 is 6.85. The van der Waals surface area contributed by atoms with Gasteiger partial charge in [-0.2, -0.15) is 5.10 Å². The Morgan fingerprint density at radius 3 is 2.40 bits per heavy atom. The maximum atomic E-state index is 12.7. The molecule has 2 heterocycles. The summed E-state index contributed by atoms with van der Waals surface area (Å²) in [5.74, 6) is -1.23. The number of nitrogens with zero attached hydrogens (tertiary/aromatic N) is 3. The average molecular weight is 632 g/mol. The number of rotatable bonds is 12. The predicted octanol–water partition coefficient (Wildman–Crippen LogP) is 6.39.